The van der Waals surface area contributed by atoms with Crippen LogP contribution < -0.4 is 8.32 Å². The Morgan fingerprint density at radius 2 is 1.92 bits per heavy atom. The molecule has 70 valence electrons. The molecule has 0 saturated heterocycles. The molecular formula is C11H16OSn. The van der Waals surface area contributed by atoms with Crippen LogP contribution >= 0.6 is 0 Å². The van der Waals surface area contributed by atoms with Crippen molar-refractivity contribution in [3.8, 4) is 5.75 Å². The number of ether oxygens (including phenoxy) is 1. The van der Waals surface area contributed by atoms with Crippen LogP contribution in [0.1, 0.15) is 20.8 Å². The molecule has 1 rings (SSSR count). The van der Waals surface area contributed by atoms with Gasteiger partial charge in [0, 0.05) is 0 Å². The second kappa shape index (κ2) is 4.36. The van der Waals surface area contributed by atoms with E-state index in [0.29, 0.717) is 3.43 Å². The predicted molar refractivity (Wildman–Crippen MR) is 58.1 cm³/mol. The standard InChI is InChI=1S/C7H7O.C4H9.Sn/c1-8-7-5-3-2-4-6-7;1-4(2)3;/h2-3,5-6H,1H3;1-3H3;. The molecule has 13 heavy (non-hydrogen) atoms. The Kier molecular flexibility index (Phi) is 3.65. The van der Waals surface area contributed by atoms with Gasteiger partial charge in [0.2, 0.25) is 0 Å². The maximum atomic E-state index is 5.20. The third kappa shape index (κ3) is 4.03. The van der Waals surface area contributed by atoms with Crippen LogP contribution in [0.4, 0.5) is 0 Å². The van der Waals surface area contributed by atoms with Gasteiger partial charge in [0.05, 0.1) is 0 Å². The van der Waals surface area contributed by atoms with Crippen molar-refractivity contribution >= 4 is 24.7 Å². The van der Waals surface area contributed by atoms with E-state index in [1.165, 1.54) is 3.58 Å². The average Bonchev–Trinajstić information content (AvgIpc) is 2.01. The van der Waals surface area contributed by atoms with Crippen molar-refractivity contribution in [2.45, 2.75) is 24.2 Å². The summed E-state index contributed by atoms with van der Waals surface area (Å²) in [5, 5.41) is 0. The number of benzene rings is 1. The van der Waals surface area contributed by atoms with Crippen molar-refractivity contribution in [2.24, 2.45) is 0 Å². The molecule has 0 aromatic heterocycles. The molecule has 0 bridgehead atoms. The topological polar surface area (TPSA) is 9.23 Å². The van der Waals surface area contributed by atoms with E-state index >= 15 is 0 Å². The summed E-state index contributed by atoms with van der Waals surface area (Å²) in [4.78, 5) is 0. The summed E-state index contributed by atoms with van der Waals surface area (Å²) < 4.78 is 7.22. The summed E-state index contributed by atoms with van der Waals surface area (Å²) >= 11 is -0.469. The Morgan fingerprint density at radius 1 is 1.23 bits per heavy atom. The second-order valence-electron chi connectivity index (χ2n) is 4.11. The van der Waals surface area contributed by atoms with Gasteiger partial charge in [-0.1, -0.05) is 0 Å². The molecule has 0 spiro atoms. The molecule has 1 aromatic carbocycles. The molecule has 0 aliphatic carbocycles. The van der Waals surface area contributed by atoms with E-state index in [0.717, 1.165) is 5.75 Å². The minimum atomic E-state index is -0.469. The van der Waals surface area contributed by atoms with Gasteiger partial charge in [-0.25, -0.2) is 0 Å². The summed E-state index contributed by atoms with van der Waals surface area (Å²) in [6.07, 6.45) is 0. The summed E-state index contributed by atoms with van der Waals surface area (Å²) in [7, 11) is 1.72. The molecule has 0 atom stereocenters. The number of methoxy groups -OCH3 is 1. The predicted octanol–water partition coefficient (Wildman–Crippen LogP) is 2.24. The first-order chi connectivity index (χ1) is 6.01. The fraction of sp³-hybridized carbons (Fsp3) is 0.455. The Labute approximate surface area is 90.7 Å². The molecule has 2 radical (unpaired) electrons. The summed E-state index contributed by atoms with van der Waals surface area (Å²) in [6.45, 7) is 6.95. The molecule has 1 nitrogen and oxygen atoms in total. The van der Waals surface area contributed by atoms with Crippen molar-refractivity contribution in [3.05, 3.63) is 24.3 Å². The molecule has 2 heteroatoms. The van der Waals surface area contributed by atoms with E-state index in [9.17, 15) is 0 Å². The van der Waals surface area contributed by atoms with Crippen LogP contribution in [-0.2, 0) is 0 Å². The zero-order valence-electron chi connectivity index (χ0n) is 8.72. The maximum absolute atomic E-state index is 5.20. The van der Waals surface area contributed by atoms with Gasteiger partial charge >= 0.3 is 90.8 Å². The molecule has 0 N–H and O–H groups in total. The number of hydrogen-bond acceptors (Lipinski definition) is 1. The normalized spacial score (nSPS) is 11.4. The first-order valence-corrected chi connectivity index (χ1v) is 7.29. The van der Waals surface area contributed by atoms with Crippen LogP contribution in [0.5, 0.6) is 5.75 Å². The fourth-order valence-corrected chi connectivity index (χ4v) is 4.73. The van der Waals surface area contributed by atoms with E-state index in [-0.39, 0.29) is 0 Å². The minimum absolute atomic E-state index is 0.469. The van der Waals surface area contributed by atoms with Crippen molar-refractivity contribution in [3.63, 3.8) is 0 Å². The summed E-state index contributed by atoms with van der Waals surface area (Å²) in [5.41, 5.74) is 0. The SMILES string of the molecule is COc1ccc[c]([Sn][C](C)(C)C)c1. The Hall–Kier alpha value is -0.181. The van der Waals surface area contributed by atoms with Gasteiger partial charge in [0.1, 0.15) is 0 Å². The molecule has 1 aromatic rings. The molecule has 0 heterocycles. The Bertz CT molecular complexity index is 276. The third-order valence-corrected chi connectivity index (χ3v) is 5.44. The van der Waals surface area contributed by atoms with Crippen LogP contribution in [0, 0.1) is 0 Å². The van der Waals surface area contributed by atoms with Gasteiger partial charge in [0.25, 0.3) is 0 Å². The van der Waals surface area contributed by atoms with E-state index < -0.39 is 21.1 Å². The summed E-state index contributed by atoms with van der Waals surface area (Å²) in [5.74, 6) is 0.989. The monoisotopic (exact) mass is 284 g/mol. The van der Waals surface area contributed by atoms with Crippen LogP contribution in [-0.4, -0.2) is 28.3 Å². The Balaban J connectivity index is 2.78. The first-order valence-electron chi connectivity index (χ1n) is 4.43. The van der Waals surface area contributed by atoms with Crippen LogP contribution in [0.2, 0.25) is 3.43 Å². The van der Waals surface area contributed by atoms with Crippen molar-refractivity contribution in [2.75, 3.05) is 7.11 Å². The van der Waals surface area contributed by atoms with Gasteiger partial charge < -0.3 is 0 Å². The molecule has 0 aliphatic rings. The zero-order valence-corrected chi connectivity index (χ0v) is 11.6. The van der Waals surface area contributed by atoms with Crippen molar-refractivity contribution in [1.82, 2.24) is 0 Å². The van der Waals surface area contributed by atoms with Crippen LogP contribution in [0.3, 0.4) is 0 Å². The van der Waals surface area contributed by atoms with E-state index in [1.807, 2.05) is 6.07 Å². The van der Waals surface area contributed by atoms with E-state index in [2.05, 4.69) is 39.0 Å². The third-order valence-electron chi connectivity index (χ3n) is 1.59. The summed E-state index contributed by atoms with van der Waals surface area (Å²) in [6, 6.07) is 8.49. The molecule has 0 fully saturated rings. The molecule has 0 saturated carbocycles. The van der Waals surface area contributed by atoms with Crippen molar-refractivity contribution < 1.29 is 4.74 Å². The van der Waals surface area contributed by atoms with Gasteiger partial charge in [-0.2, -0.15) is 0 Å². The number of rotatable bonds is 2. The number of hydrogen-bond donors (Lipinski definition) is 0. The van der Waals surface area contributed by atoms with Crippen molar-refractivity contribution in [1.29, 1.82) is 0 Å². The van der Waals surface area contributed by atoms with Crippen LogP contribution in [0.25, 0.3) is 0 Å². The molecule has 0 amide bonds. The van der Waals surface area contributed by atoms with Gasteiger partial charge in [-0.05, 0) is 0 Å². The zero-order chi connectivity index (χ0) is 9.90. The average molecular weight is 283 g/mol. The molecule has 0 unspecified atom stereocenters. The molecule has 0 aliphatic heterocycles. The molecular weight excluding hydrogens is 267 g/mol. The van der Waals surface area contributed by atoms with Gasteiger partial charge in [-0.3, -0.25) is 0 Å². The fourth-order valence-electron chi connectivity index (χ4n) is 1.13. The van der Waals surface area contributed by atoms with E-state index in [4.69, 9.17) is 4.74 Å². The Morgan fingerprint density at radius 3 is 2.46 bits per heavy atom. The quantitative estimate of drug-likeness (QED) is 0.756. The van der Waals surface area contributed by atoms with Crippen LogP contribution in [0.15, 0.2) is 24.3 Å². The van der Waals surface area contributed by atoms with E-state index in [1.54, 1.807) is 7.11 Å². The second-order valence-corrected chi connectivity index (χ2v) is 10.7. The van der Waals surface area contributed by atoms with Gasteiger partial charge in [0.15, 0.2) is 0 Å². The van der Waals surface area contributed by atoms with Gasteiger partial charge in [-0.15, -0.1) is 0 Å². The first kappa shape index (κ1) is 10.9.